The molecule has 112 valence electrons. The molecule has 0 spiro atoms. The highest BCUT2D eigenvalue weighted by Gasteiger charge is 2.28. The topological polar surface area (TPSA) is 46.3 Å². The molecule has 2 unspecified atom stereocenters. The third-order valence-corrected chi connectivity index (χ3v) is 4.56. The van der Waals surface area contributed by atoms with Crippen LogP contribution in [0.3, 0.4) is 0 Å². The van der Waals surface area contributed by atoms with E-state index in [1.54, 1.807) is 17.0 Å². The van der Waals surface area contributed by atoms with E-state index in [0.717, 1.165) is 12.8 Å². The highest BCUT2D eigenvalue weighted by atomic mass is 127. The van der Waals surface area contributed by atoms with Gasteiger partial charge in [0.25, 0.3) is 5.91 Å². The SMILES string of the molecule is CC(N)C1CCCN(C(=O)c2c(F)cccc2I)C1.Cl. The Balaban J connectivity index is 0.00000200. The first-order valence-corrected chi connectivity index (χ1v) is 7.57. The van der Waals surface area contributed by atoms with Crippen LogP contribution in [-0.2, 0) is 0 Å². The quantitative estimate of drug-likeness (QED) is 0.759. The standard InChI is InChI=1S/C14H18FIN2O.ClH/c1-9(17)10-4-3-7-18(8-10)14(19)13-11(15)5-2-6-12(13)16;/h2,5-6,9-10H,3-4,7-8,17H2,1H3;1H. The van der Waals surface area contributed by atoms with E-state index in [9.17, 15) is 9.18 Å². The summed E-state index contributed by atoms with van der Waals surface area (Å²) in [7, 11) is 0. The summed E-state index contributed by atoms with van der Waals surface area (Å²) in [6, 6.07) is 4.77. The van der Waals surface area contributed by atoms with Gasteiger partial charge in [-0.1, -0.05) is 6.07 Å². The number of benzene rings is 1. The molecular weight excluding hydrogens is 394 g/mol. The molecule has 1 aliphatic heterocycles. The van der Waals surface area contributed by atoms with Gasteiger partial charge in [0.05, 0.1) is 5.56 Å². The minimum absolute atomic E-state index is 0. The Morgan fingerprint density at radius 2 is 2.25 bits per heavy atom. The molecule has 0 radical (unpaired) electrons. The smallest absolute Gasteiger partial charge is 0.257 e. The molecule has 20 heavy (non-hydrogen) atoms. The average molecular weight is 413 g/mol. The second kappa shape index (κ2) is 7.56. The van der Waals surface area contributed by atoms with Crippen molar-refractivity contribution >= 4 is 40.9 Å². The molecule has 2 rings (SSSR count). The number of piperidine rings is 1. The van der Waals surface area contributed by atoms with Gasteiger partial charge in [0.2, 0.25) is 0 Å². The molecule has 6 heteroatoms. The van der Waals surface area contributed by atoms with Crippen LogP contribution in [-0.4, -0.2) is 29.9 Å². The highest BCUT2D eigenvalue weighted by molar-refractivity contribution is 14.1. The monoisotopic (exact) mass is 412 g/mol. The van der Waals surface area contributed by atoms with E-state index in [1.165, 1.54) is 6.07 Å². The number of halogens is 3. The van der Waals surface area contributed by atoms with Crippen LogP contribution in [0, 0.1) is 15.3 Å². The molecule has 1 aromatic rings. The highest BCUT2D eigenvalue weighted by Crippen LogP contribution is 2.23. The number of hydrogen-bond acceptors (Lipinski definition) is 2. The summed E-state index contributed by atoms with van der Waals surface area (Å²) in [5, 5.41) is 0. The average Bonchev–Trinajstić information content (AvgIpc) is 2.38. The van der Waals surface area contributed by atoms with Crippen LogP contribution in [0.1, 0.15) is 30.1 Å². The summed E-state index contributed by atoms with van der Waals surface area (Å²) in [4.78, 5) is 14.2. The number of nitrogens with zero attached hydrogens (tertiary/aromatic N) is 1. The van der Waals surface area contributed by atoms with Crippen molar-refractivity contribution in [1.29, 1.82) is 0 Å². The normalized spacial score (nSPS) is 20.2. The fourth-order valence-corrected chi connectivity index (χ4v) is 3.18. The maximum absolute atomic E-state index is 13.8. The zero-order chi connectivity index (χ0) is 14.0. The molecule has 2 atom stereocenters. The van der Waals surface area contributed by atoms with Gasteiger partial charge < -0.3 is 10.6 Å². The lowest BCUT2D eigenvalue weighted by molar-refractivity contribution is 0.0655. The molecule has 0 aromatic heterocycles. The largest absolute Gasteiger partial charge is 0.338 e. The first-order chi connectivity index (χ1) is 9.00. The zero-order valence-electron chi connectivity index (χ0n) is 11.3. The third-order valence-electron chi connectivity index (χ3n) is 3.67. The van der Waals surface area contributed by atoms with Gasteiger partial charge in [-0.2, -0.15) is 0 Å². The Kier molecular flexibility index (Phi) is 6.68. The number of rotatable bonds is 2. The first-order valence-electron chi connectivity index (χ1n) is 6.49. The fourth-order valence-electron chi connectivity index (χ4n) is 2.48. The van der Waals surface area contributed by atoms with Gasteiger partial charge >= 0.3 is 0 Å². The van der Waals surface area contributed by atoms with Crippen molar-refractivity contribution in [1.82, 2.24) is 4.90 Å². The fraction of sp³-hybridized carbons (Fsp3) is 0.500. The summed E-state index contributed by atoms with van der Waals surface area (Å²) < 4.78 is 14.5. The van der Waals surface area contributed by atoms with E-state index in [0.29, 0.717) is 22.6 Å². The van der Waals surface area contributed by atoms with Gasteiger partial charge in [-0.25, -0.2) is 4.39 Å². The number of carbonyl (C=O) groups is 1. The van der Waals surface area contributed by atoms with Crippen molar-refractivity contribution in [2.45, 2.75) is 25.8 Å². The van der Waals surface area contributed by atoms with Gasteiger partial charge in [0.1, 0.15) is 5.82 Å². The molecule has 0 bridgehead atoms. The molecule has 2 N–H and O–H groups in total. The Hall–Kier alpha value is -0.400. The lowest BCUT2D eigenvalue weighted by Gasteiger charge is -2.34. The first kappa shape index (κ1) is 17.7. The van der Waals surface area contributed by atoms with E-state index in [2.05, 4.69) is 0 Å². The van der Waals surface area contributed by atoms with E-state index in [-0.39, 0.29) is 29.9 Å². The molecule has 1 aromatic carbocycles. The van der Waals surface area contributed by atoms with Crippen molar-refractivity contribution in [3.8, 4) is 0 Å². The minimum atomic E-state index is -0.445. The molecule has 1 heterocycles. The van der Waals surface area contributed by atoms with Crippen LogP contribution in [0.15, 0.2) is 18.2 Å². The molecular formula is C14H19ClFIN2O. The predicted octanol–water partition coefficient (Wildman–Crippen LogP) is 3.05. The van der Waals surface area contributed by atoms with Crippen LogP contribution in [0.2, 0.25) is 0 Å². The zero-order valence-corrected chi connectivity index (χ0v) is 14.3. The molecule has 1 saturated heterocycles. The molecule has 0 aliphatic carbocycles. The molecule has 1 fully saturated rings. The Bertz CT molecular complexity index is 464. The molecule has 3 nitrogen and oxygen atoms in total. The molecule has 1 aliphatic rings. The number of nitrogens with two attached hydrogens (primary N) is 1. The van der Waals surface area contributed by atoms with Gasteiger partial charge in [0.15, 0.2) is 0 Å². The lowest BCUT2D eigenvalue weighted by atomic mass is 9.92. The Morgan fingerprint density at radius 3 is 2.85 bits per heavy atom. The second-order valence-corrected chi connectivity index (χ2v) is 6.27. The third kappa shape index (κ3) is 3.83. The predicted molar refractivity (Wildman–Crippen MR) is 88.6 cm³/mol. The summed E-state index contributed by atoms with van der Waals surface area (Å²) in [6.07, 6.45) is 1.97. The van der Waals surface area contributed by atoms with E-state index in [4.69, 9.17) is 5.73 Å². The van der Waals surface area contributed by atoms with Gasteiger partial charge in [-0.3, -0.25) is 4.79 Å². The number of likely N-dealkylation sites (tertiary alicyclic amines) is 1. The molecule has 0 saturated carbocycles. The van der Waals surface area contributed by atoms with E-state index >= 15 is 0 Å². The molecule has 1 amide bonds. The summed E-state index contributed by atoms with van der Waals surface area (Å²) in [6.45, 7) is 3.28. The number of amides is 1. The van der Waals surface area contributed by atoms with Crippen LogP contribution < -0.4 is 5.73 Å². The Morgan fingerprint density at radius 1 is 1.55 bits per heavy atom. The Labute approximate surface area is 138 Å². The maximum atomic E-state index is 13.8. The van der Waals surface area contributed by atoms with Crippen LogP contribution in [0.25, 0.3) is 0 Å². The van der Waals surface area contributed by atoms with Crippen molar-refractivity contribution in [3.05, 3.63) is 33.1 Å². The minimum Gasteiger partial charge on any atom is -0.338 e. The summed E-state index contributed by atoms with van der Waals surface area (Å²) in [5.41, 5.74) is 6.10. The van der Waals surface area contributed by atoms with Gasteiger partial charge in [0, 0.05) is 22.7 Å². The van der Waals surface area contributed by atoms with Crippen molar-refractivity contribution < 1.29 is 9.18 Å². The van der Waals surface area contributed by atoms with Gasteiger partial charge in [-0.05, 0) is 60.4 Å². The van der Waals surface area contributed by atoms with Gasteiger partial charge in [-0.15, -0.1) is 12.4 Å². The van der Waals surface area contributed by atoms with Crippen molar-refractivity contribution in [2.75, 3.05) is 13.1 Å². The van der Waals surface area contributed by atoms with E-state index < -0.39 is 5.82 Å². The summed E-state index contributed by atoms with van der Waals surface area (Å²) >= 11 is 2.00. The maximum Gasteiger partial charge on any atom is 0.257 e. The van der Waals surface area contributed by atoms with E-state index in [1.807, 2.05) is 29.5 Å². The summed E-state index contributed by atoms with van der Waals surface area (Å²) in [5.74, 6) is -0.352. The number of hydrogen-bond donors (Lipinski definition) is 1. The van der Waals surface area contributed by atoms with Crippen LogP contribution in [0.4, 0.5) is 4.39 Å². The second-order valence-electron chi connectivity index (χ2n) is 5.11. The van der Waals surface area contributed by atoms with Crippen LogP contribution >= 0.6 is 35.0 Å². The number of carbonyl (C=O) groups excluding carboxylic acids is 1. The van der Waals surface area contributed by atoms with Crippen LogP contribution in [0.5, 0.6) is 0 Å². The van der Waals surface area contributed by atoms with Crippen molar-refractivity contribution in [2.24, 2.45) is 11.7 Å². The van der Waals surface area contributed by atoms with Crippen molar-refractivity contribution in [3.63, 3.8) is 0 Å². The lowest BCUT2D eigenvalue weighted by Crippen LogP contribution is -2.45.